The van der Waals surface area contributed by atoms with Crippen LogP contribution in [0.4, 0.5) is 0 Å². The van der Waals surface area contributed by atoms with Gasteiger partial charge in [-0.2, -0.15) is 0 Å². The van der Waals surface area contributed by atoms with Crippen molar-refractivity contribution < 1.29 is 0 Å². The second-order valence-electron chi connectivity index (χ2n) is 1.51. The minimum absolute atomic E-state index is 0.775. The Morgan fingerprint density at radius 3 is 1.55 bits per heavy atom. The molecule has 0 radical (unpaired) electrons. The number of hydrogen-bond acceptors (Lipinski definition) is 2. The predicted molar refractivity (Wildman–Crippen MR) is 53.6 cm³/mol. The molecule has 0 atom stereocenters. The summed E-state index contributed by atoms with van der Waals surface area (Å²) in [5, 5.41) is 0. The van der Waals surface area contributed by atoms with Crippen LogP contribution in [0, 0.1) is 0 Å². The van der Waals surface area contributed by atoms with Gasteiger partial charge in [-0.15, -0.1) is 0 Å². The van der Waals surface area contributed by atoms with Gasteiger partial charge in [-0.25, -0.2) is 9.98 Å². The van der Waals surface area contributed by atoms with Crippen molar-refractivity contribution in [2.24, 2.45) is 9.98 Å². The van der Waals surface area contributed by atoms with Crippen molar-refractivity contribution in [2.45, 2.75) is 41.0 Å². The molecule has 0 N–H and O–H groups in total. The van der Waals surface area contributed by atoms with Crippen molar-refractivity contribution in [2.75, 3.05) is 13.6 Å². The molecule has 0 aliphatic rings. The Kier molecular flexibility index (Phi) is 52.3. The highest BCUT2D eigenvalue weighted by Crippen LogP contribution is 1.56. The number of aliphatic imine (C=N–C) groups is 2. The maximum Gasteiger partial charge on any atom is 0.0889 e. The average Bonchev–Trinajstić information content (AvgIpc) is 2.06. The van der Waals surface area contributed by atoms with Crippen LogP contribution >= 0.6 is 0 Å². The SMILES string of the molecule is CC.CCC.CCN=C=NC. The molecule has 0 aromatic rings. The molecule has 11 heavy (non-hydrogen) atoms. The summed E-state index contributed by atoms with van der Waals surface area (Å²) in [6, 6.07) is 2.45. The third-order valence-electron chi connectivity index (χ3n) is 0.329. The van der Waals surface area contributed by atoms with E-state index in [9.17, 15) is 0 Å². The van der Waals surface area contributed by atoms with E-state index >= 15 is 0 Å². The maximum atomic E-state index is 3.67. The summed E-state index contributed by atoms with van der Waals surface area (Å²) in [5.41, 5.74) is 0. The number of hydrogen-bond donors (Lipinski definition) is 0. The fourth-order valence-corrected chi connectivity index (χ4v) is 0.141. The van der Waals surface area contributed by atoms with Gasteiger partial charge in [-0.3, -0.25) is 0 Å². The molecule has 0 bridgehead atoms. The van der Waals surface area contributed by atoms with Crippen LogP contribution in [0.15, 0.2) is 9.98 Å². The van der Waals surface area contributed by atoms with Crippen LogP contribution in [-0.4, -0.2) is 19.6 Å². The van der Waals surface area contributed by atoms with Gasteiger partial charge in [-0.05, 0) is 6.92 Å². The third kappa shape index (κ3) is 90.2. The standard InChI is InChI=1S/C4H8N2.C3H8.C2H6/c1-3-6-4-5-2;1-3-2;1-2/h3H2,1-2H3;3H2,1-2H3;1-2H3. The maximum absolute atomic E-state index is 3.67. The van der Waals surface area contributed by atoms with Crippen LogP contribution in [0.5, 0.6) is 0 Å². The van der Waals surface area contributed by atoms with E-state index in [1.54, 1.807) is 7.05 Å². The molecule has 0 heterocycles. The summed E-state index contributed by atoms with van der Waals surface area (Å²) in [7, 11) is 1.65. The first-order valence-corrected chi connectivity index (χ1v) is 4.33. The highest BCUT2D eigenvalue weighted by molar-refractivity contribution is 5.40. The van der Waals surface area contributed by atoms with Gasteiger partial charge in [0.2, 0.25) is 0 Å². The van der Waals surface area contributed by atoms with Crippen molar-refractivity contribution in [3.8, 4) is 0 Å². The van der Waals surface area contributed by atoms with Gasteiger partial charge in [0.05, 0.1) is 6.01 Å². The number of rotatable bonds is 1. The molecule has 0 aliphatic carbocycles. The average molecular weight is 158 g/mol. The fraction of sp³-hybridized carbons (Fsp3) is 0.889. The van der Waals surface area contributed by atoms with E-state index in [0.29, 0.717) is 0 Å². The molecule has 0 saturated carbocycles. The first-order chi connectivity index (χ1) is 5.33. The Bertz CT molecular complexity index is 81.6. The smallest absolute Gasteiger partial charge is 0.0889 e. The van der Waals surface area contributed by atoms with Gasteiger partial charge >= 0.3 is 0 Å². The molecule has 0 unspecified atom stereocenters. The van der Waals surface area contributed by atoms with E-state index < -0.39 is 0 Å². The lowest BCUT2D eigenvalue weighted by Crippen LogP contribution is -1.60. The lowest BCUT2D eigenvalue weighted by Gasteiger charge is -1.63. The van der Waals surface area contributed by atoms with E-state index in [1.165, 1.54) is 6.42 Å². The molecule has 0 aromatic heterocycles. The summed E-state index contributed by atoms with van der Waals surface area (Å²) in [5.74, 6) is 0. The topological polar surface area (TPSA) is 24.7 Å². The Morgan fingerprint density at radius 2 is 1.45 bits per heavy atom. The molecule has 0 aromatic carbocycles. The Balaban J connectivity index is -0.000000109. The summed E-state index contributed by atoms with van der Waals surface area (Å²) < 4.78 is 0. The lowest BCUT2D eigenvalue weighted by atomic mass is 10.6. The van der Waals surface area contributed by atoms with Crippen LogP contribution in [0.1, 0.15) is 41.0 Å². The zero-order valence-electron chi connectivity index (χ0n) is 8.81. The third-order valence-corrected chi connectivity index (χ3v) is 0.329. The van der Waals surface area contributed by atoms with Crippen LogP contribution < -0.4 is 0 Å². The van der Waals surface area contributed by atoms with Crippen molar-refractivity contribution >= 4 is 6.01 Å². The summed E-state index contributed by atoms with van der Waals surface area (Å²) in [6.45, 7) is 11.0. The van der Waals surface area contributed by atoms with Crippen LogP contribution in [-0.2, 0) is 0 Å². The first-order valence-electron chi connectivity index (χ1n) is 4.33. The zero-order valence-corrected chi connectivity index (χ0v) is 8.81. The summed E-state index contributed by atoms with van der Waals surface area (Å²) in [4.78, 5) is 7.18. The molecule has 2 nitrogen and oxygen atoms in total. The van der Waals surface area contributed by atoms with Crippen molar-refractivity contribution in [3.63, 3.8) is 0 Å². The minimum atomic E-state index is 0.775. The highest BCUT2D eigenvalue weighted by Gasteiger charge is 1.52. The van der Waals surface area contributed by atoms with E-state index in [0.717, 1.165) is 6.54 Å². The van der Waals surface area contributed by atoms with Gasteiger partial charge in [0.25, 0.3) is 0 Å². The second kappa shape index (κ2) is 34.3. The Morgan fingerprint density at radius 1 is 1.09 bits per heavy atom. The molecular weight excluding hydrogens is 136 g/mol. The zero-order chi connectivity index (χ0) is 9.54. The van der Waals surface area contributed by atoms with E-state index in [-0.39, 0.29) is 0 Å². The van der Waals surface area contributed by atoms with Crippen LogP contribution in [0.3, 0.4) is 0 Å². The summed E-state index contributed by atoms with van der Waals surface area (Å²) in [6.07, 6.45) is 1.25. The molecule has 0 saturated heterocycles. The van der Waals surface area contributed by atoms with E-state index in [2.05, 4.69) is 29.8 Å². The van der Waals surface area contributed by atoms with Gasteiger partial charge in [0.15, 0.2) is 0 Å². The van der Waals surface area contributed by atoms with Gasteiger partial charge in [-0.1, -0.05) is 34.1 Å². The Hall–Kier alpha value is -0.620. The largest absolute Gasteiger partial charge is 0.229 e. The predicted octanol–water partition coefficient (Wildman–Crippen LogP) is 3.25. The quantitative estimate of drug-likeness (QED) is 0.523. The second-order valence-corrected chi connectivity index (χ2v) is 1.51. The molecule has 0 spiro atoms. The molecule has 68 valence electrons. The first kappa shape index (κ1) is 16.8. The minimum Gasteiger partial charge on any atom is -0.229 e. The molecule has 2 heteroatoms. The summed E-state index contributed by atoms with van der Waals surface area (Å²) >= 11 is 0. The molecular formula is C9H22N2. The molecule has 0 rings (SSSR count). The van der Waals surface area contributed by atoms with Crippen molar-refractivity contribution in [1.29, 1.82) is 0 Å². The van der Waals surface area contributed by atoms with Gasteiger partial charge < -0.3 is 0 Å². The van der Waals surface area contributed by atoms with E-state index in [4.69, 9.17) is 0 Å². The molecule has 0 aliphatic heterocycles. The fourth-order valence-electron chi connectivity index (χ4n) is 0.141. The monoisotopic (exact) mass is 158 g/mol. The lowest BCUT2D eigenvalue weighted by molar-refractivity contribution is 1.09. The van der Waals surface area contributed by atoms with Gasteiger partial charge in [0, 0.05) is 13.6 Å². The molecule has 0 amide bonds. The molecule has 0 fully saturated rings. The van der Waals surface area contributed by atoms with Crippen molar-refractivity contribution in [1.82, 2.24) is 0 Å². The normalized spacial score (nSPS) is 5.64. The van der Waals surface area contributed by atoms with E-state index in [1.807, 2.05) is 20.8 Å². The van der Waals surface area contributed by atoms with Crippen LogP contribution in [0.25, 0.3) is 0 Å². The Labute approximate surface area is 71.5 Å². The van der Waals surface area contributed by atoms with Crippen LogP contribution in [0.2, 0.25) is 0 Å². The van der Waals surface area contributed by atoms with Crippen molar-refractivity contribution in [3.05, 3.63) is 0 Å². The highest BCUT2D eigenvalue weighted by atomic mass is 14.8. The van der Waals surface area contributed by atoms with Gasteiger partial charge in [0.1, 0.15) is 0 Å². The number of nitrogens with zero attached hydrogens (tertiary/aromatic N) is 2.